The van der Waals surface area contributed by atoms with Crippen molar-refractivity contribution < 1.29 is 9.47 Å². The van der Waals surface area contributed by atoms with Crippen LogP contribution >= 0.6 is 0 Å². The maximum Gasteiger partial charge on any atom is 0.215 e. The largest absolute Gasteiger partial charge is 0.478 e. The minimum absolute atomic E-state index is 0.640. The molecule has 1 aromatic heterocycles. The summed E-state index contributed by atoms with van der Waals surface area (Å²) in [4.78, 5) is 4.32. The molecule has 0 aliphatic carbocycles. The molecule has 0 radical (unpaired) electrons. The van der Waals surface area contributed by atoms with Gasteiger partial charge in [0, 0.05) is 25.8 Å². The van der Waals surface area contributed by atoms with Gasteiger partial charge in [-0.1, -0.05) is 13.0 Å². The number of hydrogen-bond donors (Lipinski definition) is 1. The molecule has 17 heavy (non-hydrogen) atoms. The van der Waals surface area contributed by atoms with Crippen molar-refractivity contribution in [2.24, 2.45) is 0 Å². The van der Waals surface area contributed by atoms with Gasteiger partial charge in [0.05, 0.1) is 6.61 Å². The molecule has 0 fully saturated rings. The van der Waals surface area contributed by atoms with Gasteiger partial charge in [-0.3, -0.25) is 0 Å². The van der Waals surface area contributed by atoms with Crippen LogP contribution in [0, 0.1) is 0 Å². The molecule has 0 aliphatic heterocycles. The Hall–Kier alpha value is -1.29. The van der Waals surface area contributed by atoms with Crippen LogP contribution in [-0.2, 0) is 4.74 Å². The molecule has 0 saturated heterocycles. The normalized spacial score (nSPS) is 10.2. The highest BCUT2D eigenvalue weighted by atomic mass is 16.5. The van der Waals surface area contributed by atoms with E-state index >= 15 is 0 Å². The number of pyridine rings is 1. The fraction of sp³-hybridized carbons (Fsp3) is 0.615. The Balaban J connectivity index is 2.19. The maximum absolute atomic E-state index is 5.40. The number of anilines is 1. The maximum atomic E-state index is 5.40. The van der Waals surface area contributed by atoms with Gasteiger partial charge in [-0.05, 0) is 25.8 Å². The van der Waals surface area contributed by atoms with Gasteiger partial charge in [0.15, 0.2) is 0 Å². The first-order valence-electron chi connectivity index (χ1n) is 6.28. The molecule has 1 N–H and O–H groups in total. The predicted molar refractivity (Wildman–Crippen MR) is 69.6 cm³/mol. The van der Waals surface area contributed by atoms with Crippen molar-refractivity contribution in [1.29, 1.82) is 0 Å². The molecule has 0 spiro atoms. The molecule has 4 nitrogen and oxygen atoms in total. The van der Waals surface area contributed by atoms with Gasteiger partial charge in [-0.25, -0.2) is 0 Å². The quantitative estimate of drug-likeness (QED) is 0.672. The van der Waals surface area contributed by atoms with Gasteiger partial charge in [-0.15, -0.1) is 0 Å². The Labute approximate surface area is 103 Å². The third-order valence-corrected chi connectivity index (χ3v) is 2.14. The Morgan fingerprint density at radius 2 is 2.12 bits per heavy atom. The smallest absolute Gasteiger partial charge is 0.215 e. The average molecular weight is 238 g/mol. The second kappa shape index (κ2) is 8.82. The van der Waals surface area contributed by atoms with Crippen LogP contribution < -0.4 is 10.1 Å². The lowest BCUT2D eigenvalue weighted by Crippen LogP contribution is -2.07. The Morgan fingerprint density at radius 1 is 1.24 bits per heavy atom. The van der Waals surface area contributed by atoms with E-state index in [1.165, 1.54) is 0 Å². The van der Waals surface area contributed by atoms with E-state index in [-0.39, 0.29) is 0 Å². The molecule has 0 aromatic carbocycles. The molecule has 1 heterocycles. The van der Waals surface area contributed by atoms with Gasteiger partial charge in [0.25, 0.3) is 0 Å². The number of rotatable bonds is 9. The van der Waals surface area contributed by atoms with Gasteiger partial charge in [-0.2, -0.15) is 4.98 Å². The zero-order valence-electron chi connectivity index (χ0n) is 10.7. The van der Waals surface area contributed by atoms with Crippen molar-refractivity contribution in [3.63, 3.8) is 0 Å². The first-order chi connectivity index (χ1) is 8.36. The minimum Gasteiger partial charge on any atom is -0.478 e. The molecule has 0 saturated carbocycles. The predicted octanol–water partition coefficient (Wildman–Crippen LogP) is 2.71. The molecule has 1 rings (SSSR count). The SMILES string of the molecule is CCCOCCCNc1cccc(OCC)n1. The fourth-order valence-electron chi connectivity index (χ4n) is 1.38. The zero-order chi connectivity index (χ0) is 12.3. The molecule has 0 aliphatic rings. The van der Waals surface area contributed by atoms with Gasteiger partial charge >= 0.3 is 0 Å². The molecule has 0 bridgehead atoms. The summed E-state index contributed by atoms with van der Waals surface area (Å²) in [7, 11) is 0. The second-order valence-electron chi connectivity index (χ2n) is 3.69. The van der Waals surface area contributed by atoms with E-state index in [0.29, 0.717) is 12.5 Å². The molecule has 0 amide bonds. The van der Waals surface area contributed by atoms with E-state index in [0.717, 1.165) is 38.4 Å². The van der Waals surface area contributed by atoms with Crippen LogP contribution in [-0.4, -0.2) is 31.3 Å². The van der Waals surface area contributed by atoms with Crippen LogP contribution in [0.1, 0.15) is 26.7 Å². The Kier molecular flexibility index (Phi) is 7.14. The molecular weight excluding hydrogens is 216 g/mol. The topological polar surface area (TPSA) is 43.4 Å². The third kappa shape index (κ3) is 6.12. The van der Waals surface area contributed by atoms with Crippen LogP contribution in [0.3, 0.4) is 0 Å². The van der Waals surface area contributed by atoms with E-state index in [1.807, 2.05) is 25.1 Å². The Bertz CT molecular complexity index is 305. The van der Waals surface area contributed by atoms with Crippen LogP contribution in [0.2, 0.25) is 0 Å². The summed E-state index contributed by atoms with van der Waals surface area (Å²) >= 11 is 0. The molecule has 4 heteroatoms. The zero-order valence-corrected chi connectivity index (χ0v) is 10.7. The van der Waals surface area contributed by atoms with E-state index in [1.54, 1.807) is 0 Å². The van der Waals surface area contributed by atoms with Gasteiger partial charge in [0.1, 0.15) is 5.82 Å². The first-order valence-corrected chi connectivity index (χ1v) is 6.28. The number of aromatic nitrogens is 1. The molecule has 1 aromatic rings. The van der Waals surface area contributed by atoms with Gasteiger partial charge in [0.2, 0.25) is 5.88 Å². The minimum atomic E-state index is 0.640. The summed E-state index contributed by atoms with van der Waals surface area (Å²) in [6.45, 7) is 7.21. The summed E-state index contributed by atoms with van der Waals surface area (Å²) in [6, 6.07) is 5.74. The summed E-state index contributed by atoms with van der Waals surface area (Å²) in [5.41, 5.74) is 0. The lowest BCUT2D eigenvalue weighted by Gasteiger charge is -2.07. The fourth-order valence-corrected chi connectivity index (χ4v) is 1.38. The number of nitrogens with one attached hydrogen (secondary N) is 1. The lowest BCUT2D eigenvalue weighted by atomic mass is 10.4. The van der Waals surface area contributed by atoms with E-state index < -0.39 is 0 Å². The summed E-state index contributed by atoms with van der Waals surface area (Å²) in [5, 5.41) is 3.25. The van der Waals surface area contributed by atoms with Crippen molar-refractivity contribution in [2.75, 3.05) is 31.7 Å². The van der Waals surface area contributed by atoms with Crippen LogP contribution in [0.25, 0.3) is 0 Å². The molecule has 96 valence electrons. The lowest BCUT2D eigenvalue weighted by molar-refractivity contribution is 0.134. The number of nitrogens with zero attached hydrogens (tertiary/aromatic N) is 1. The van der Waals surface area contributed by atoms with E-state index in [9.17, 15) is 0 Å². The second-order valence-corrected chi connectivity index (χ2v) is 3.69. The molecular formula is C13H22N2O2. The van der Waals surface area contributed by atoms with E-state index in [2.05, 4.69) is 17.2 Å². The van der Waals surface area contributed by atoms with Crippen molar-refractivity contribution >= 4 is 5.82 Å². The van der Waals surface area contributed by atoms with Crippen molar-refractivity contribution in [1.82, 2.24) is 4.98 Å². The highest BCUT2D eigenvalue weighted by molar-refractivity contribution is 5.36. The van der Waals surface area contributed by atoms with Crippen molar-refractivity contribution in [3.05, 3.63) is 18.2 Å². The Morgan fingerprint density at radius 3 is 2.88 bits per heavy atom. The van der Waals surface area contributed by atoms with E-state index in [4.69, 9.17) is 9.47 Å². The molecule has 0 atom stereocenters. The highest BCUT2D eigenvalue weighted by Gasteiger charge is 1.97. The van der Waals surface area contributed by atoms with Crippen molar-refractivity contribution in [2.45, 2.75) is 26.7 Å². The van der Waals surface area contributed by atoms with Crippen LogP contribution in [0.4, 0.5) is 5.82 Å². The molecule has 0 unspecified atom stereocenters. The van der Waals surface area contributed by atoms with Crippen LogP contribution in [0.15, 0.2) is 18.2 Å². The monoisotopic (exact) mass is 238 g/mol. The standard InChI is InChI=1S/C13H22N2O2/c1-3-10-16-11-6-9-14-12-7-5-8-13(15-12)17-4-2/h5,7-8H,3-4,6,9-11H2,1-2H3,(H,14,15). The summed E-state index contributed by atoms with van der Waals surface area (Å²) < 4.78 is 10.7. The number of hydrogen-bond acceptors (Lipinski definition) is 4. The number of ether oxygens (including phenoxy) is 2. The van der Waals surface area contributed by atoms with Crippen LogP contribution in [0.5, 0.6) is 5.88 Å². The van der Waals surface area contributed by atoms with Crippen molar-refractivity contribution in [3.8, 4) is 5.88 Å². The third-order valence-electron chi connectivity index (χ3n) is 2.14. The summed E-state index contributed by atoms with van der Waals surface area (Å²) in [6.07, 6.45) is 2.06. The highest BCUT2D eigenvalue weighted by Crippen LogP contribution is 2.10. The average Bonchev–Trinajstić information content (AvgIpc) is 2.35. The first kappa shape index (κ1) is 13.8. The van der Waals surface area contributed by atoms with Gasteiger partial charge < -0.3 is 14.8 Å². The summed E-state index contributed by atoms with van der Waals surface area (Å²) in [5.74, 6) is 1.52.